The molecule has 0 aromatic heterocycles. The molecular formula is C21H26FN3O4. The standard InChI is InChI=1S/C21H26FN3O4/c1-29-17-3-2-15(22)11-16(17)20(28)24-21(6-7-21)14-5-9-25(12-14)18(26)10-13-4-8-23-19(13)27/h2-3,11,13-14H,4-10,12H2,1H3,(H,23,27)(H,24,28). The van der Waals surface area contributed by atoms with Crippen LogP contribution in [0, 0.1) is 17.7 Å². The molecule has 4 rings (SSSR count). The maximum absolute atomic E-state index is 13.6. The molecule has 2 atom stereocenters. The van der Waals surface area contributed by atoms with Crippen molar-refractivity contribution in [1.29, 1.82) is 0 Å². The van der Waals surface area contributed by atoms with Crippen LogP contribution in [0.3, 0.4) is 0 Å². The molecule has 3 aliphatic rings. The van der Waals surface area contributed by atoms with Gasteiger partial charge in [-0.05, 0) is 43.9 Å². The van der Waals surface area contributed by atoms with Crippen LogP contribution < -0.4 is 15.4 Å². The normalized spacial score (nSPS) is 24.9. The summed E-state index contributed by atoms with van der Waals surface area (Å²) in [5, 5.41) is 5.84. The van der Waals surface area contributed by atoms with Gasteiger partial charge in [0.05, 0.1) is 12.7 Å². The Kier molecular flexibility index (Phi) is 5.19. The van der Waals surface area contributed by atoms with E-state index < -0.39 is 5.82 Å². The van der Waals surface area contributed by atoms with Gasteiger partial charge >= 0.3 is 0 Å². The molecule has 2 N–H and O–H groups in total. The molecule has 7 nitrogen and oxygen atoms in total. The predicted molar refractivity (Wildman–Crippen MR) is 103 cm³/mol. The van der Waals surface area contributed by atoms with Gasteiger partial charge in [-0.2, -0.15) is 0 Å². The topological polar surface area (TPSA) is 87.7 Å². The molecule has 2 unspecified atom stereocenters. The quantitative estimate of drug-likeness (QED) is 0.753. The van der Waals surface area contributed by atoms with Crippen molar-refractivity contribution in [2.24, 2.45) is 11.8 Å². The zero-order valence-electron chi connectivity index (χ0n) is 16.5. The SMILES string of the molecule is COc1ccc(F)cc1C(=O)NC1(C2CCN(C(=O)CC3CCNC3=O)C2)CC1. The van der Waals surface area contributed by atoms with E-state index in [2.05, 4.69) is 10.6 Å². The molecule has 156 valence electrons. The molecule has 2 aliphatic heterocycles. The van der Waals surface area contributed by atoms with Crippen molar-refractivity contribution >= 4 is 17.7 Å². The highest BCUT2D eigenvalue weighted by atomic mass is 19.1. The lowest BCUT2D eigenvalue weighted by Crippen LogP contribution is -2.44. The van der Waals surface area contributed by atoms with E-state index in [0.29, 0.717) is 31.8 Å². The second kappa shape index (κ2) is 7.65. The highest BCUT2D eigenvalue weighted by molar-refractivity contribution is 5.97. The average Bonchev–Trinajstić information content (AvgIpc) is 3.12. The van der Waals surface area contributed by atoms with Crippen LogP contribution in [0.4, 0.5) is 4.39 Å². The molecule has 1 saturated carbocycles. The molecule has 29 heavy (non-hydrogen) atoms. The maximum Gasteiger partial charge on any atom is 0.255 e. The fourth-order valence-corrected chi connectivity index (χ4v) is 4.54. The van der Waals surface area contributed by atoms with Crippen molar-refractivity contribution in [1.82, 2.24) is 15.5 Å². The highest BCUT2D eigenvalue weighted by Crippen LogP contribution is 2.46. The van der Waals surface area contributed by atoms with E-state index in [1.807, 2.05) is 4.90 Å². The molecule has 0 radical (unpaired) electrons. The Labute approximate surface area is 169 Å². The van der Waals surface area contributed by atoms with Crippen molar-refractivity contribution in [3.05, 3.63) is 29.6 Å². The monoisotopic (exact) mass is 403 g/mol. The van der Waals surface area contributed by atoms with Crippen molar-refractivity contribution < 1.29 is 23.5 Å². The van der Waals surface area contributed by atoms with Gasteiger partial charge in [-0.25, -0.2) is 4.39 Å². The number of carbonyl (C=O) groups is 3. The third-order valence-electron chi connectivity index (χ3n) is 6.46. The zero-order valence-corrected chi connectivity index (χ0v) is 16.5. The van der Waals surface area contributed by atoms with Gasteiger partial charge in [-0.3, -0.25) is 14.4 Å². The van der Waals surface area contributed by atoms with Gasteiger partial charge in [0.1, 0.15) is 11.6 Å². The van der Waals surface area contributed by atoms with E-state index in [4.69, 9.17) is 4.74 Å². The van der Waals surface area contributed by atoms with E-state index >= 15 is 0 Å². The van der Waals surface area contributed by atoms with E-state index in [1.165, 1.54) is 25.3 Å². The highest BCUT2D eigenvalue weighted by Gasteiger charge is 2.53. The summed E-state index contributed by atoms with van der Waals surface area (Å²) in [4.78, 5) is 38.9. The summed E-state index contributed by atoms with van der Waals surface area (Å²) in [6.07, 6.45) is 3.45. The van der Waals surface area contributed by atoms with Crippen LogP contribution >= 0.6 is 0 Å². The largest absolute Gasteiger partial charge is 0.496 e. The first-order valence-corrected chi connectivity index (χ1v) is 10.1. The van der Waals surface area contributed by atoms with E-state index in [1.54, 1.807) is 0 Å². The second-order valence-corrected chi connectivity index (χ2v) is 8.26. The molecule has 1 aliphatic carbocycles. The minimum absolute atomic E-state index is 0.00322. The molecule has 0 bridgehead atoms. The molecule has 8 heteroatoms. The number of nitrogens with one attached hydrogen (secondary N) is 2. The number of carbonyl (C=O) groups excluding carboxylic acids is 3. The Morgan fingerprint density at radius 3 is 2.79 bits per heavy atom. The summed E-state index contributed by atoms with van der Waals surface area (Å²) < 4.78 is 18.8. The fraction of sp³-hybridized carbons (Fsp3) is 0.571. The molecule has 1 aromatic rings. The number of halogens is 1. The first-order valence-electron chi connectivity index (χ1n) is 10.1. The summed E-state index contributed by atoms with van der Waals surface area (Å²) in [6, 6.07) is 3.88. The minimum atomic E-state index is -0.491. The zero-order chi connectivity index (χ0) is 20.6. The van der Waals surface area contributed by atoms with Gasteiger partial charge in [0, 0.05) is 43.4 Å². The van der Waals surface area contributed by atoms with Crippen molar-refractivity contribution in [3.8, 4) is 5.75 Å². The van der Waals surface area contributed by atoms with Crippen molar-refractivity contribution in [3.63, 3.8) is 0 Å². The third-order valence-corrected chi connectivity index (χ3v) is 6.46. The molecule has 2 saturated heterocycles. The van der Waals surface area contributed by atoms with Gasteiger partial charge in [0.2, 0.25) is 11.8 Å². The Balaban J connectivity index is 1.38. The van der Waals surface area contributed by atoms with Crippen LogP contribution in [0.2, 0.25) is 0 Å². The number of amides is 3. The van der Waals surface area contributed by atoms with Crippen molar-refractivity contribution in [2.45, 2.75) is 37.6 Å². The minimum Gasteiger partial charge on any atom is -0.496 e. The summed E-state index contributed by atoms with van der Waals surface area (Å²) >= 11 is 0. The van der Waals surface area contributed by atoms with Crippen LogP contribution in [0.15, 0.2) is 18.2 Å². The van der Waals surface area contributed by atoms with Gasteiger partial charge in [-0.1, -0.05) is 0 Å². The van der Waals surface area contributed by atoms with E-state index in [0.717, 1.165) is 19.3 Å². The number of methoxy groups -OCH3 is 1. The Morgan fingerprint density at radius 1 is 1.34 bits per heavy atom. The lowest BCUT2D eigenvalue weighted by atomic mass is 9.95. The van der Waals surface area contributed by atoms with Gasteiger partial charge in [0.25, 0.3) is 5.91 Å². The molecule has 3 amide bonds. The fourth-order valence-electron chi connectivity index (χ4n) is 4.54. The Bertz CT molecular complexity index is 839. The number of nitrogens with zero attached hydrogens (tertiary/aromatic N) is 1. The average molecular weight is 403 g/mol. The number of ether oxygens (including phenoxy) is 1. The van der Waals surface area contributed by atoms with E-state index in [-0.39, 0.29) is 47.1 Å². The number of hydrogen-bond donors (Lipinski definition) is 2. The first kappa shape index (κ1) is 19.7. The lowest BCUT2D eigenvalue weighted by Gasteiger charge is -2.25. The van der Waals surface area contributed by atoms with Gasteiger partial charge in [-0.15, -0.1) is 0 Å². The van der Waals surface area contributed by atoms with E-state index in [9.17, 15) is 18.8 Å². The summed E-state index contributed by atoms with van der Waals surface area (Å²) in [5.41, 5.74) is -0.175. The Morgan fingerprint density at radius 2 is 2.14 bits per heavy atom. The molecule has 2 heterocycles. The second-order valence-electron chi connectivity index (χ2n) is 8.26. The molecule has 3 fully saturated rings. The predicted octanol–water partition coefficient (Wildman–Crippen LogP) is 1.47. The molecule has 0 spiro atoms. The third kappa shape index (κ3) is 3.93. The smallest absolute Gasteiger partial charge is 0.255 e. The number of benzene rings is 1. The number of rotatable bonds is 6. The van der Waals surface area contributed by atoms with Crippen LogP contribution in [0.25, 0.3) is 0 Å². The Hall–Kier alpha value is -2.64. The summed E-state index contributed by atoms with van der Waals surface area (Å²) in [6.45, 7) is 1.85. The van der Waals surface area contributed by atoms with Gasteiger partial charge < -0.3 is 20.3 Å². The number of likely N-dealkylation sites (tertiary alicyclic amines) is 1. The molecule has 1 aromatic carbocycles. The summed E-state index contributed by atoms with van der Waals surface area (Å²) in [5.74, 6) is -0.616. The lowest BCUT2D eigenvalue weighted by molar-refractivity contribution is -0.134. The van der Waals surface area contributed by atoms with Crippen LogP contribution in [-0.2, 0) is 9.59 Å². The summed E-state index contributed by atoms with van der Waals surface area (Å²) in [7, 11) is 1.45. The van der Waals surface area contributed by atoms with Gasteiger partial charge in [0.15, 0.2) is 0 Å². The van der Waals surface area contributed by atoms with Crippen molar-refractivity contribution in [2.75, 3.05) is 26.7 Å². The van der Waals surface area contributed by atoms with Crippen LogP contribution in [-0.4, -0.2) is 54.9 Å². The molecular weight excluding hydrogens is 377 g/mol. The first-order chi connectivity index (χ1) is 13.9. The van der Waals surface area contributed by atoms with Crippen LogP contribution in [0.1, 0.15) is 42.5 Å². The van der Waals surface area contributed by atoms with Crippen LogP contribution in [0.5, 0.6) is 5.75 Å². The number of hydrogen-bond acceptors (Lipinski definition) is 4. The maximum atomic E-state index is 13.6.